The summed E-state index contributed by atoms with van der Waals surface area (Å²) in [5.74, 6) is 0. The second kappa shape index (κ2) is 2.89. The molecule has 0 atom stereocenters. The van der Waals surface area contributed by atoms with E-state index < -0.39 is 0 Å². The van der Waals surface area contributed by atoms with Crippen molar-refractivity contribution in [2.24, 2.45) is 4.99 Å². The van der Waals surface area contributed by atoms with E-state index in [1.54, 1.807) is 13.1 Å². The zero-order chi connectivity index (χ0) is 4.99. The van der Waals surface area contributed by atoms with Crippen molar-refractivity contribution in [3.05, 3.63) is 0 Å². The third kappa shape index (κ3) is 3.68. The fourth-order valence-electron chi connectivity index (χ4n) is 0.0704. The Balaban J connectivity index is 3.51. The van der Waals surface area contributed by atoms with Crippen molar-refractivity contribution in [1.29, 1.82) is 5.26 Å². The normalized spacial score (nSPS) is 10.3. The average molecular weight is 146 g/mol. The fourth-order valence-corrected chi connectivity index (χ4v) is 0.156. The molecule has 0 aliphatic carbocycles. The molecule has 0 aromatic heterocycles. The van der Waals surface area contributed by atoms with Gasteiger partial charge in [-0.15, -0.1) is 0 Å². The summed E-state index contributed by atoms with van der Waals surface area (Å²) in [4.78, 5) is 3.29. The molecule has 0 aromatic rings. The summed E-state index contributed by atoms with van der Waals surface area (Å²) < 4.78 is 0.678. The van der Waals surface area contributed by atoms with Crippen LogP contribution in [-0.4, -0.2) is 20.6 Å². The molecule has 0 saturated carbocycles. The summed E-state index contributed by atoms with van der Waals surface area (Å²) >= 11 is 2.57. The molecule has 3 heteroatoms. The van der Waals surface area contributed by atoms with Crippen molar-refractivity contribution < 1.29 is 0 Å². The molecule has 0 spiro atoms. The minimum absolute atomic E-state index is 0.678. The fraction of sp³-hybridized carbons (Fsp3) is 0.333. The molecule has 1 radical (unpaired) electrons. The van der Waals surface area contributed by atoms with Crippen LogP contribution in [0.4, 0.5) is 0 Å². The predicted molar refractivity (Wildman–Crippen MR) is 24.5 cm³/mol. The van der Waals surface area contributed by atoms with E-state index in [1.807, 2.05) is 0 Å². The molecule has 0 aliphatic rings. The summed E-state index contributed by atoms with van der Waals surface area (Å²) in [5, 5.41) is 7.78. The van der Waals surface area contributed by atoms with Crippen LogP contribution in [-0.2, 0) is 0 Å². The molecule has 0 aromatic carbocycles. The standard InChI is InChI=1S/C3H3N2Se/c1-3(6)5-2-4/h1H3. The van der Waals surface area contributed by atoms with Crippen LogP contribution < -0.4 is 0 Å². The molecular formula is C3H3N2Se. The second-order valence-electron chi connectivity index (χ2n) is 0.731. The first kappa shape index (κ1) is 5.68. The molecule has 0 fully saturated rings. The van der Waals surface area contributed by atoms with Gasteiger partial charge in [-0.1, -0.05) is 0 Å². The molecule has 0 rings (SSSR count). The van der Waals surface area contributed by atoms with Crippen molar-refractivity contribution in [3.63, 3.8) is 0 Å². The molecule has 0 bridgehead atoms. The second-order valence-corrected chi connectivity index (χ2v) is 1.97. The first-order chi connectivity index (χ1) is 2.77. The SMILES string of the molecule is CC([Se])=NC#N. The minimum atomic E-state index is 0.678. The Kier molecular flexibility index (Phi) is 2.74. The zero-order valence-electron chi connectivity index (χ0n) is 3.30. The van der Waals surface area contributed by atoms with Gasteiger partial charge in [-0.2, -0.15) is 0 Å². The number of aliphatic imine (C=N–C) groups is 1. The number of hydrogen-bond donors (Lipinski definition) is 0. The third-order valence-electron chi connectivity index (χ3n) is 0.207. The van der Waals surface area contributed by atoms with Crippen molar-refractivity contribution in [2.75, 3.05) is 0 Å². The van der Waals surface area contributed by atoms with Crippen LogP contribution >= 0.6 is 0 Å². The van der Waals surface area contributed by atoms with E-state index in [0.29, 0.717) is 4.61 Å². The van der Waals surface area contributed by atoms with E-state index >= 15 is 0 Å². The number of hydrogen-bond acceptors (Lipinski definition) is 2. The van der Waals surface area contributed by atoms with Gasteiger partial charge in [0, 0.05) is 0 Å². The Morgan fingerprint density at radius 2 is 2.50 bits per heavy atom. The Morgan fingerprint density at radius 1 is 2.00 bits per heavy atom. The van der Waals surface area contributed by atoms with Crippen LogP contribution in [0.1, 0.15) is 6.92 Å². The summed E-state index contributed by atoms with van der Waals surface area (Å²) in [5.41, 5.74) is 0. The third-order valence-corrected chi connectivity index (χ3v) is 0.399. The number of nitrogens with zero attached hydrogens (tertiary/aromatic N) is 2. The van der Waals surface area contributed by atoms with Gasteiger partial charge >= 0.3 is 44.0 Å². The molecule has 0 saturated heterocycles. The van der Waals surface area contributed by atoms with Crippen molar-refractivity contribution in [1.82, 2.24) is 0 Å². The summed E-state index contributed by atoms with van der Waals surface area (Å²) in [7, 11) is 0. The van der Waals surface area contributed by atoms with Gasteiger partial charge in [-0.3, -0.25) is 0 Å². The van der Waals surface area contributed by atoms with E-state index in [4.69, 9.17) is 5.26 Å². The van der Waals surface area contributed by atoms with Gasteiger partial charge in [0.25, 0.3) is 0 Å². The topological polar surface area (TPSA) is 36.1 Å². The maximum absolute atomic E-state index is 7.78. The molecule has 31 valence electrons. The van der Waals surface area contributed by atoms with E-state index in [-0.39, 0.29) is 0 Å². The van der Waals surface area contributed by atoms with Gasteiger partial charge in [-0.25, -0.2) is 0 Å². The first-order valence-electron chi connectivity index (χ1n) is 1.37. The van der Waals surface area contributed by atoms with E-state index in [1.165, 1.54) is 0 Å². The molecule has 0 amide bonds. The van der Waals surface area contributed by atoms with Gasteiger partial charge in [-0.05, 0) is 0 Å². The summed E-state index contributed by atoms with van der Waals surface area (Å²) in [6.45, 7) is 1.73. The van der Waals surface area contributed by atoms with Gasteiger partial charge < -0.3 is 0 Å². The Labute approximate surface area is 44.7 Å². The van der Waals surface area contributed by atoms with Gasteiger partial charge in [0.15, 0.2) is 0 Å². The molecule has 0 aliphatic heterocycles. The van der Waals surface area contributed by atoms with Crippen LogP contribution in [0, 0.1) is 11.5 Å². The van der Waals surface area contributed by atoms with E-state index in [9.17, 15) is 0 Å². The average Bonchev–Trinajstić information content (AvgIpc) is 1.35. The Hall–Kier alpha value is -0.321. The Bertz CT molecular complexity index is 95.9. The summed E-state index contributed by atoms with van der Waals surface area (Å²) in [6.07, 6.45) is 1.62. The van der Waals surface area contributed by atoms with Gasteiger partial charge in [0.2, 0.25) is 0 Å². The van der Waals surface area contributed by atoms with Crippen molar-refractivity contribution >= 4 is 20.6 Å². The Morgan fingerprint density at radius 3 is 2.50 bits per heavy atom. The molecule has 2 nitrogen and oxygen atoms in total. The van der Waals surface area contributed by atoms with Crippen LogP contribution in [0.5, 0.6) is 0 Å². The van der Waals surface area contributed by atoms with Gasteiger partial charge in [0.1, 0.15) is 0 Å². The number of nitriles is 1. The number of rotatable bonds is 0. The first-order valence-corrected chi connectivity index (χ1v) is 2.23. The van der Waals surface area contributed by atoms with Crippen LogP contribution in [0.2, 0.25) is 0 Å². The molecule has 0 N–H and O–H groups in total. The predicted octanol–water partition coefficient (Wildman–Crippen LogP) is 0.0544. The van der Waals surface area contributed by atoms with Crippen LogP contribution in [0.25, 0.3) is 0 Å². The van der Waals surface area contributed by atoms with Crippen molar-refractivity contribution in [3.8, 4) is 6.19 Å². The molecular weight excluding hydrogens is 143 g/mol. The zero-order valence-corrected chi connectivity index (χ0v) is 5.02. The molecule has 0 unspecified atom stereocenters. The maximum atomic E-state index is 7.78. The summed E-state index contributed by atoms with van der Waals surface area (Å²) in [6, 6.07) is 0. The molecule has 0 heterocycles. The monoisotopic (exact) mass is 147 g/mol. The van der Waals surface area contributed by atoms with E-state index in [2.05, 4.69) is 21.0 Å². The van der Waals surface area contributed by atoms with Crippen LogP contribution in [0.3, 0.4) is 0 Å². The molecule has 6 heavy (non-hydrogen) atoms. The quantitative estimate of drug-likeness (QED) is 0.270. The van der Waals surface area contributed by atoms with Crippen molar-refractivity contribution in [2.45, 2.75) is 6.92 Å². The van der Waals surface area contributed by atoms with E-state index in [0.717, 1.165) is 0 Å². The van der Waals surface area contributed by atoms with Crippen LogP contribution in [0.15, 0.2) is 4.99 Å². The van der Waals surface area contributed by atoms with Gasteiger partial charge in [0.05, 0.1) is 0 Å².